The molecule has 1 aliphatic rings. The Balaban J connectivity index is 1.39. The zero-order valence-corrected chi connectivity index (χ0v) is 17.4. The molecule has 0 atom stereocenters. The maximum atomic E-state index is 12.3. The molecule has 1 saturated heterocycles. The van der Waals surface area contributed by atoms with Crippen LogP contribution in [0.1, 0.15) is 0 Å². The molecule has 0 radical (unpaired) electrons. The van der Waals surface area contributed by atoms with Gasteiger partial charge in [0.05, 0.1) is 7.11 Å². The fourth-order valence-corrected chi connectivity index (χ4v) is 3.56. The number of anilines is 3. The van der Waals surface area contributed by atoms with Crippen LogP contribution >= 0.6 is 0 Å². The summed E-state index contributed by atoms with van der Waals surface area (Å²) in [5, 5.41) is 7.21. The van der Waals surface area contributed by atoms with Gasteiger partial charge in [0, 0.05) is 43.6 Å². The second-order valence-corrected chi connectivity index (χ2v) is 7.27. The van der Waals surface area contributed by atoms with Crippen molar-refractivity contribution in [2.75, 3.05) is 48.4 Å². The van der Waals surface area contributed by atoms with E-state index in [1.165, 1.54) is 10.7 Å². The van der Waals surface area contributed by atoms with E-state index in [1.807, 2.05) is 30.3 Å². The monoisotopic (exact) mass is 419 g/mol. The van der Waals surface area contributed by atoms with Crippen LogP contribution in [0.3, 0.4) is 0 Å². The first-order valence-corrected chi connectivity index (χ1v) is 10.2. The molecule has 1 N–H and O–H groups in total. The molecule has 2 heterocycles. The highest BCUT2D eigenvalue weighted by atomic mass is 16.5. The summed E-state index contributed by atoms with van der Waals surface area (Å²) in [6.07, 6.45) is 0. The fraction of sp³-hybridized carbons (Fsp3) is 0.261. The minimum Gasteiger partial charge on any atom is -0.497 e. The summed E-state index contributed by atoms with van der Waals surface area (Å²) in [5.74, 6) is 1.24. The number of para-hydroxylation sites is 1. The normalized spacial score (nSPS) is 13.7. The lowest BCUT2D eigenvalue weighted by Gasteiger charge is -2.36. The number of piperazine rings is 1. The first-order valence-electron chi connectivity index (χ1n) is 10.2. The van der Waals surface area contributed by atoms with Crippen LogP contribution in [0.4, 0.5) is 17.2 Å². The predicted octanol–water partition coefficient (Wildman–Crippen LogP) is 2.22. The van der Waals surface area contributed by atoms with Crippen LogP contribution in [-0.2, 0) is 11.3 Å². The van der Waals surface area contributed by atoms with Crippen LogP contribution in [-0.4, -0.2) is 49.0 Å². The van der Waals surface area contributed by atoms with Gasteiger partial charge in [0.2, 0.25) is 5.91 Å². The molecule has 2 aromatic carbocycles. The number of hydrogen-bond acceptors (Lipinski definition) is 6. The number of hydrogen-bond donors (Lipinski definition) is 1. The molecule has 0 saturated carbocycles. The molecule has 0 aliphatic carbocycles. The van der Waals surface area contributed by atoms with Gasteiger partial charge in [-0.1, -0.05) is 18.2 Å². The summed E-state index contributed by atoms with van der Waals surface area (Å²) in [6.45, 7) is 3.08. The summed E-state index contributed by atoms with van der Waals surface area (Å²) < 4.78 is 6.43. The van der Waals surface area contributed by atoms with Crippen LogP contribution in [0.5, 0.6) is 5.75 Å². The van der Waals surface area contributed by atoms with Crippen molar-refractivity contribution in [3.63, 3.8) is 0 Å². The molecule has 1 amide bonds. The molecule has 3 aromatic rings. The number of rotatable bonds is 6. The van der Waals surface area contributed by atoms with Crippen molar-refractivity contribution in [3.8, 4) is 5.75 Å². The third kappa shape index (κ3) is 5.03. The van der Waals surface area contributed by atoms with Gasteiger partial charge >= 0.3 is 0 Å². The number of methoxy groups -OCH3 is 1. The van der Waals surface area contributed by atoms with Crippen LogP contribution in [0.15, 0.2) is 71.5 Å². The minimum absolute atomic E-state index is 0.132. The highest BCUT2D eigenvalue weighted by Gasteiger charge is 2.19. The summed E-state index contributed by atoms with van der Waals surface area (Å²) in [7, 11) is 1.66. The third-order valence-corrected chi connectivity index (χ3v) is 5.24. The van der Waals surface area contributed by atoms with Crippen molar-refractivity contribution < 1.29 is 9.53 Å². The lowest BCUT2D eigenvalue weighted by Crippen LogP contribution is -2.47. The Morgan fingerprint density at radius 1 is 0.935 bits per heavy atom. The van der Waals surface area contributed by atoms with E-state index in [2.05, 4.69) is 32.3 Å². The molecular weight excluding hydrogens is 394 g/mol. The van der Waals surface area contributed by atoms with E-state index >= 15 is 0 Å². The number of carbonyl (C=O) groups excluding carboxylic acids is 1. The minimum atomic E-state index is -0.302. The molecule has 8 heteroatoms. The van der Waals surface area contributed by atoms with Gasteiger partial charge in [-0.3, -0.25) is 9.59 Å². The van der Waals surface area contributed by atoms with E-state index in [0.717, 1.165) is 37.6 Å². The van der Waals surface area contributed by atoms with Crippen LogP contribution in [0.2, 0.25) is 0 Å². The number of nitrogens with zero attached hydrogens (tertiary/aromatic N) is 4. The number of nitrogens with one attached hydrogen (secondary N) is 1. The van der Waals surface area contributed by atoms with Gasteiger partial charge < -0.3 is 19.9 Å². The zero-order valence-electron chi connectivity index (χ0n) is 17.4. The first-order chi connectivity index (χ1) is 15.1. The van der Waals surface area contributed by atoms with E-state index in [4.69, 9.17) is 4.74 Å². The van der Waals surface area contributed by atoms with Gasteiger partial charge in [0.1, 0.15) is 18.1 Å². The topological polar surface area (TPSA) is 79.7 Å². The Kier molecular flexibility index (Phi) is 6.16. The second-order valence-electron chi connectivity index (χ2n) is 7.27. The zero-order chi connectivity index (χ0) is 21.6. The van der Waals surface area contributed by atoms with E-state index < -0.39 is 0 Å². The number of aromatic nitrogens is 2. The maximum Gasteiger partial charge on any atom is 0.267 e. The number of ether oxygens (including phenoxy) is 1. The number of amides is 1. The van der Waals surface area contributed by atoms with Crippen molar-refractivity contribution in [2.24, 2.45) is 0 Å². The molecule has 8 nitrogen and oxygen atoms in total. The summed E-state index contributed by atoms with van der Waals surface area (Å²) in [4.78, 5) is 29.0. The average molecular weight is 419 g/mol. The second kappa shape index (κ2) is 9.34. The largest absolute Gasteiger partial charge is 0.497 e. The van der Waals surface area contributed by atoms with E-state index in [-0.39, 0.29) is 18.0 Å². The predicted molar refractivity (Wildman–Crippen MR) is 121 cm³/mol. The maximum absolute atomic E-state index is 12.3. The van der Waals surface area contributed by atoms with Crippen LogP contribution in [0, 0.1) is 0 Å². The molecule has 1 fully saturated rings. The summed E-state index contributed by atoms with van der Waals surface area (Å²) in [6, 6.07) is 20.4. The molecular formula is C23H25N5O3. The lowest BCUT2D eigenvalue weighted by atomic mass is 10.2. The van der Waals surface area contributed by atoms with Crippen molar-refractivity contribution in [1.82, 2.24) is 9.78 Å². The number of benzene rings is 2. The molecule has 1 aromatic heterocycles. The van der Waals surface area contributed by atoms with Crippen molar-refractivity contribution in [1.29, 1.82) is 0 Å². The molecule has 0 unspecified atom stereocenters. The molecule has 31 heavy (non-hydrogen) atoms. The van der Waals surface area contributed by atoms with E-state index in [9.17, 15) is 9.59 Å². The van der Waals surface area contributed by atoms with Crippen molar-refractivity contribution >= 4 is 23.1 Å². The van der Waals surface area contributed by atoms with Gasteiger partial charge in [-0.25, -0.2) is 4.68 Å². The van der Waals surface area contributed by atoms with Crippen LogP contribution < -0.4 is 25.4 Å². The standard InChI is InChI=1S/C23H25N5O3/c1-31-20-9-7-19(8-10-20)26-13-15-27(16-14-26)21-11-12-23(30)28(25-21)17-22(29)24-18-5-3-2-4-6-18/h2-12H,13-17H2,1H3,(H,24,29). The van der Waals surface area contributed by atoms with Crippen LogP contribution in [0.25, 0.3) is 0 Å². The molecule has 0 spiro atoms. The van der Waals surface area contributed by atoms with Gasteiger partial charge in [-0.2, -0.15) is 5.10 Å². The molecule has 1 aliphatic heterocycles. The van der Waals surface area contributed by atoms with E-state index in [0.29, 0.717) is 11.5 Å². The Hall–Kier alpha value is -3.81. The Labute approximate surface area is 180 Å². The average Bonchev–Trinajstić information content (AvgIpc) is 2.81. The summed E-state index contributed by atoms with van der Waals surface area (Å²) >= 11 is 0. The Bertz CT molecular complexity index is 1070. The van der Waals surface area contributed by atoms with Crippen molar-refractivity contribution in [3.05, 3.63) is 77.1 Å². The fourth-order valence-electron chi connectivity index (χ4n) is 3.56. The third-order valence-electron chi connectivity index (χ3n) is 5.24. The molecule has 0 bridgehead atoms. The van der Waals surface area contributed by atoms with E-state index in [1.54, 1.807) is 25.3 Å². The van der Waals surface area contributed by atoms with Gasteiger partial charge in [0.25, 0.3) is 5.56 Å². The Morgan fingerprint density at radius 2 is 1.61 bits per heavy atom. The van der Waals surface area contributed by atoms with Gasteiger partial charge in [-0.15, -0.1) is 0 Å². The van der Waals surface area contributed by atoms with Gasteiger partial charge in [0.15, 0.2) is 0 Å². The SMILES string of the molecule is COc1ccc(N2CCN(c3ccc(=O)n(CC(=O)Nc4ccccc4)n3)CC2)cc1. The van der Waals surface area contributed by atoms with Crippen molar-refractivity contribution in [2.45, 2.75) is 6.54 Å². The summed E-state index contributed by atoms with van der Waals surface area (Å²) in [5.41, 5.74) is 1.53. The number of carbonyl (C=O) groups is 1. The molecule has 4 rings (SSSR count). The Morgan fingerprint density at radius 3 is 2.29 bits per heavy atom. The first kappa shape index (κ1) is 20.5. The highest BCUT2D eigenvalue weighted by molar-refractivity contribution is 5.90. The van der Waals surface area contributed by atoms with Gasteiger partial charge in [-0.05, 0) is 42.5 Å². The highest BCUT2D eigenvalue weighted by Crippen LogP contribution is 2.21. The quantitative estimate of drug-likeness (QED) is 0.660. The molecule has 160 valence electrons. The lowest BCUT2D eigenvalue weighted by molar-refractivity contribution is -0.117. The smallest absolute Gasteiger partial charge is 0.267 e.